The molecule has 1 aromatic rings. The average molecular weight is 407 g/mol. The first-order chi connectivity index (χ1) is 9.43. The number of aliphatic imine (C=N–C) groups is 1. The predicted molar refractivity (Wildman–Crippen MR) is 100 cm³/mol. The molecule has 1 aromatic heterocycles. The Morgan fingerprint density at radius 3 is 2.48 bits per heavy atom. The number of nitrogens with one attached hydrogen (secondary N) is 2. The lowest BCUT2D eigenvalue weighted by molar-refractivity contribution is 0.477. The molecule has 0 fully saturated rings. The van der Waals surface area contributed by atoms with Gasteiger partial charge in [-0.15, -0.1) is 24.0 Å². The van der Waals surface area contributed by atoms with Crippen LogP contribution in [0.4, 0.5) is 0 Å². The summed E-state index contributed by atoms with van der Waals surface area (Å²) >= 11 is 0. The van der Waals surface area contributed by atoms with Crippen LogP contribution >= 0.6 is 24.0 Å². The molecule has 1 unspecified atom stereocenters. The van der Waals surface area contributed by atoms with Gasteiger partial charge in [0.2, 0.25) is 0 Å². The summed E-state index contributed by atoms with van der Waals surface area (Å²) in [6.45, 7) is 12.7. The van der Waals surface area contributed by atoms with Crippen molar-refractivity contribution in [3.63, 3.8) is 0 Å². The van der Waals surface area contributed by atoms with Crippen molar-refractivity contribution < 1.29 is 0 Å². The van der Waals surface area contributed by atoms with Crippen molar-refractivity contribution in [2.24, 2.45) is 16.8 Å². The number of imidazole rings is 1. The highest BCUT2D eigenvalue weighted by atomic mass is 127. The standard InChI is InChI=1S/C15H29N5.HI/c1-11(2)10-20-8-7-17-14(20)9-18-15(16-6)19-13(5)12(3)4;/h7-8,11-13H,9-10H2,1-6H3,(H2,16,18,19);1H. The molecule has 0 bridgehead atoms. The largest absolute Gasteiger partial charge is 0.354 e. The van der Waals surface area contributed by atoms with Gasteiger partial charge in [0, 0.05) is 32.0 Å². The van der Waals surface area contributed by atoms with E-state index in [-0.39, 0.29) is 24.0 Å². The van der Waals surface area contributed by atoms with Crippen molar-refractivity contribution in [3.05, 3.63) is 18.2 Å². The van der Waals surface area contributed by atoms with Gasteiger partial charge in [0.1, 0.15) is 5.82 Å². The van der Waals surface area contributed by atoms with E-state index in [0.29, 0.717) is 24.4 Å². The molecule has 1 heterocycles. The first-order valence-electron chi connectivity index (χ1n) is 7.41. The van der Waals surface area contributed by atoms with Gasteiger partial charge in [0.15, 0.2) is 5.96 Å². The lowest BCUT2D eigenvalue weighted by Gasteiger charge is -2.21. The molecule has 0 aliphatic heterocycles. The topological polar surface area (TPSA) is 54.2 Å². The molecule has 2 N–H and O–H groups in total. The van der Waals surface area contributed by atoms with Crippen LogP contribution in [0.3, 0.4) is 0 Å². The zero-order valence-electron chi connectivity index (χ0n) is 14.1. The summed E-state index contributed by atoms with van der Waals surface area (Å²) < 4.78 is 2.19. The summed E-state index contributed by atoms with van der Waals surface area (Å²) in [6, 6.07) is 0.386. The van der Waals surface area contributed by atoms with Gasteiger partial charge in [-0.25, -0.2) is 4.98 Å². The monoisotopic (exact) mass is 407 g/mol. The summed E-state index contributed by atoms with van der Waals surface area (Å²) in [5, 5.41) is 6.72. The predicted octanol–water partition coefficient (Wildman–Crippen LogP) is 2.87. The molecular weight excluding hydrogens is 377 g/mol. The summed E-state index contributed by atoms with van der Waals surface area (Å²) in [7, 11) is 1.79. The zero-order valence-corrected chi connectivity index (χ0v) is 16.4. The third-order valence-electron chi connectivity index (χ3n) is 3.37. The molecule has 1 rings (SSSR count). The van der Waals surface area contributed by atoms with Crippen molar-refractivity contribution in [3.8, 4) is 0 Å². The van der Waals surface area contributed by atoms with Crippen LogP contribution in [0.15, 0.2) is 17.4 Å². The molecule has 1 atom stereocenters. The van der Waals surface area contributed by atoms with Gasteiger partial charge >= 0.3 is 0 Å². The van der Waals surface area contributed by atoms with E-state index in [1.807, 2.05) is 12.4 Å². The minimum absolute atomic E-state index is 0. The maximum Gasteiger partial charge on any atom is 0.191 e. The molecule has 21 heavy (non-hydrogen) atoms. The molecule has 0 saturated carbocycles. The summed E-state index contributed by atoms with van der Waals surface area (Å²) in [4.78, 5) is 8.67. The fourth-order valence-electron chi connectivity index (χ4n) is 1.81. The minimum Gasteiger partial charge on any atom is -0.354 e. The van der Waals surface area contributed by atoms with Gasteiger partial charge in [-0.2, -0.15) is 0 Å². The van der Waals surface area contributed by atoms with E-state index < -0.39 is 0 Å². The van der Waals surface area contributed by atoms with E-state index in [4.69, 9.17) is 0 Å². The molecule has 0 aliphatic rings. The van der Waals surface area contributed by atoms with E-state index in [0.717, 1.165) is 18.3 Å². The number of aromatic nitrogens is 2. The molecule has 0 amide bonds. The van der Waals surface area contributed by atoms with Gasteiger partial charge in [-0.1, -0.05) is 27.7 Å². The highest BCUT2D eigenvalue weighted by Crippen LogP contribution is 2.04. The summed E-state index contributed by atoms with van der Waals surface area (Å²) in [5.41, 5.74) is 0. The number of nitrogens with zero attached hydrogens (tertiary/aromatic N) is 3. The van der Waals surface area contributed by atoms with E-state index in [1.54, 1.807) is 7.05 Å². The molecule has 0 aliphatic carbocycles. The molecule has 0 spiro atoms. The van der Waals surface area contributed by atoms with E-state index in [9.17, 15) is 0 Å². The van der Waals surface area contributed by atoms with Crippen LogP contribution < -0.4 is 10.6 Å². The molecule has 0 radical (unpaired) electrons. The Labute approximate surface area is 146 Å². The van der Waals surface area contributed by atoms with Gasteiger partial charge in [0.25, 0.3) is 0 Å². The molecule has 5 nitrogen and oxygen atoms in total. The number of hydrogen-bond donors (Lipinski definition) is 2. The van der Waals surface area contributed by atoms with Gasteiger partial charge < -0.3 is 15.2 Å². The number of rotatable bonds is 6. The molecule has 122 valence electrons. The summed E-state index contributed by atoms with van der Waals surface area (Å²) in [6.07, 6.45) is 3.89. The van der Waals surface area contributed by atoms with Crippen molar-refractivity contribution in [2.75, 3.05) is 7.05 Å². The fraction of sp³-hybridized carbons (Fsp3) is 0.733. The van der Waals surface area contributed by atoms with Crippen LogP contribution in [0.5, 0.6) is 0 Å². The Hall–Kier alpha value is -0.790. The van der Waals surface area contributed by atoms with Gasteiger partial charge in [0.05, 0.1) is 6.54 Å². The van der Waals surface area contributed by atoms with Crippen molar-refractivity contribution in [1.82, 2.24) is 20.2 Å². The first-order valence-corrected chi connectivity index (χ1v) is 7.41. The SMILES string of the molecule is CN=C(NCc1nccn1CC(C)C)NC(C)C(C)C.I. The first kappa shape index (κ1) is 20.2. The van der Waals surface area contributed by atoms with Crippen LogP contribution in [-0.2, 0) is 13.1 Å². The minimum atomic E-state index is 0. The Morgan fingerprint density at radius 1 is 1.29 bits per heavy atom. The third-order valence-corrected chi connectivity index (χ3v) is 3.37. The second-order valence-electron chi connectivity index (χ2n) is 5.99. The lowest BCUT2D eigenvalue weighted by atomic mass is 10.1. The molecule has 0 saturated heterocycles. The quantitative estimate of drug-likeness (QED) is 0.433. The van der Waals surface area contributed by atoms with Gasteiger partial charge in [-0.3, -0.25) is 4.99 Å². The smallest absolute Gasteiger partial charge is 0.191 e. The Morgan fingerprint density at radius 2 is 1.95 bits per heavy atom. The highest BCUT2D eigenvalue weighted by Gasteiger charge is 2.10. The lowest BCUT2D eigenvalue weighted by Crippen LogP contribution is -2.44. The third kappa shape index (κ3) is 7.15. The van der Waals surface area contributed by atoms with E-state index in [1.165, 1.54) is 0 Å². The number of guanidine groups is 1. The fourth-order valence-corrected chi connectivity index (χ4v) is 1.81. The highest BCUT2D eigenvalue weighted by molar-refractivity contribution is 14.0. The van der Waals surface area contributed by atoms with Crippen LogP contribution in [0, 0.1) is 11.8 Å². The number of halogens is 1. The van der Waals surface area contributed by atoms with Crippen molar-refractivity contribution in [1.29, 1.82) is 0 Å². The maximum atomic E-state index is 4.41. The van der Waals surface area contributed by atoms with E-state index >= 15 is 0 Å². The van der Waals surface area contributed by atoms with Crippen LogP contribution in [-0.4, -0.2) is 28.6 Å². The second-order valence-corrected chi connectivity index (χ2v) is 5.99. The van der Waals surface area contributed by atoms with Gasteiger partial charge in [-0.05, 0) is 18.8 Å². The Kier molecular flexibility index (Phi) is 9.65. The van der Waals surface area contributed by atoms with Crippen LogP contribution in [0.2, 0.25) is 0 Å². The molecule has 0 aromatic carbocycles. The normalized spacial score (nSPS) is 13.2. The number of hydrogen-bond acceptors (Lipinski definition) is 2. The van der Waals surface area contributed by atoms with Crippen molar-refractivity contribution >= 4 is 29.9 Å². The van der Waals surface area contributed by atoms with E-state index in [2.05, 4.69) is 59.8 Å². The molecule has 6 heteroatoms. The molecular formula is C15H30IN5. The van der Waals surface area contributed by atoms with Crippen LogP contribution in [0.1, 0.15) is 40.4 Å². The van der Waals surface area contributed by atoms with Crippen LogP contribution in [0.25, 0.3) is 0 Å². The Bertz CT molecular complexity index is 425. The maximum absolute atomic E-state index is 4.41. The Balaban J connectivity index is 0.00000400. The zero-order chi connectivity index (χ0) is 15.1. The second kappa shape index (κ2) is 10.0. The summed E-state index contributed by atoms with van der Waals surface area (Å²) in [5.74, 6) is 3.04. The van der Waals surface area contributed by atoms with Crippen molar-refractivity contribution in [2.45, 2.75) is 53.8 Å². The average Bonchev–Trinajstić information content (AvgIpc) is 2.80.